The van der Waals surface area contributed by atoms with Crippen LogP contribution in [-0.2, 0) is 9.53 Å². The molecule has 1 aromatic carbocycles. The molecule has 0 atom stereocenters. The molecule has 0 spiro atoms. The molecule has 1 rings (SSSR count). The topological polar surface area (TPSA) is 43.4 Å². The number of Topliss-reactive ketones (excluding diaryl/α,β-unsaturated/α-hetero) is 1. The van der Waals surface area contributed by atoms with Crippen LogP contribution in [-0.4, -0.2) is 18.9 Å². The van der Waals surface area contributed by atoms with Crippen LogP contribution in [0.25, 0.3) is 0 Å². The second-order valence-corrected chi connectivity index (χ2v) is 4.25. The standard InChI is InChI=1S/C13H15ClO3.C2H6/c1-9-8-10(14)6-7-11(9)12(15)4-3-5-13(16)17-2;1-2/h6-8H,3-5H2,1-2H3;1-2H3. The number of methoxy groups -OCH3 is 1. The fourth-order valence-corrected chi connectivity index (χ4v) is 1.80. The van der Waals surface area contributed by atoms with Crippen molar-refractivity contribution in [3.05, 3.63) is 34.3 Å². The normalized spacial score (nSPS) is 9.32. The molecule has 1 aromatic rings. The van der Waals surface area contributed by atoms with Gasteiger partial charge in [-0.3, -0.25) is 9.59 Å². The number of aryl methyl sites for hydroxylation is 1. The lowest BCUT2D eigenvalue weighted by molar-refractivity contribution is -0.140. The number of carbonyl (C=O) groups is 2. The van der Waals surface area contributed by atoms with Crippen LogP contribution in [0, 0.1) is 6.92 Å². The average molecular weight is 285 g/mol. The molecule has 0 heterocycles. The van der Waals surface area contributed by atoms with E-state index in [1.54, 1.807) is 18.2 Å². The first-order valence-corrected chi connectivity index (χ1v) is 6.78. The van der Waals surface area contributed by atoms with Crippen LogP contribution in [0.1, 0.15) is 49.0 Å². The molecule has 0 aliphatic carbocycles. The second kappa shape index (κ2) is 9.56. The van der Waals surface area contributed by atoms with Crippen molar-refractivity contribution in [2.24, 2.45) is 0 Å². The third kappa shape index (κ3) is 6.39. The summed E-state index contributed by atoms with van der Waals surface area (Å²) in [5.41, 5.74) is 1.53. The molecule has 4 heteroatoms. The highest BCUT2D eigenvalue weighted by Gasteiger charge is 2.10. The molecule has 0 aliphatic heterocycles. The van der Waals surface area contributed by atoms with Crippen LogP contribution >= 0.6 is 11.6 Å². The summed E-state index contributed by atoms with van der Waals surface area (Å²) in [6, 6.07) is 5.18. The van der Waals surface area contributed by atoms with Gasteiger partial charge in [0.05, 0.1) is 7.11 Å². The zero-order valence-corrected chi connectivity index (χ0v) is 12.7. The molecule has 0 saturated carbocycles. The minimum Gasteiger partial charge on any atom is -0.469 e. The molecule has 0 unspecified atom stereocenters. The molecule has 19 heavy (non-hydrogen) atoms. The quantitative estimate of drug-likeness (QED) is 0.601. The predicted octanol–water partition coefficient (Wildman–Crippen LogP) is 4.20. The van der Waals surface area contributed by atoms with Gasteiger partial charge in [-0.15, -0.1) is 0 Å². The van der Waals surface area contributed by atoms with E-state index in [0.29, 0.717) is 23.4 Å². The van der Waals surface area contributed by atoms with Gasteiger partial charge in [0.1, 0.15) is 0 Å². The van der Waals surface area contributed by atoms with Crippen LogP contribution < -0.4 is 0 Å². The van der Waals surface area contributed by atoms with Gasteiger partial charge in [0.15, 0.2) is 5.78 Å². The molecular weight excluding hydrogens is 264 g/mol. The lowest BCUT2D eigenvalue weighted by atomic mass is 10.0. The number of ether oxygens (including phenoxy) is 1. The summed E-state index contributed by atoms with van der Waals surface area (Å²) in [4.78, 5) is 22.7. The van der Waals surface area contributed by atoms with E-state index in [4.69, 9.17) is 11.6 Å². The first-order valence-electron chi connectivity index (χ1n) is 6.40. The van der Waals surface area contributed by atoms with Gasteiger partial charge in [-0.25, -0.2) is 0 Å². The molecule has 0 bridgehead atoms. The van der Waals surface area contributed by atoms with Crippen molar-refractivity contribution in [2.75, 3.05) is 7.11 Å². The first-order chi connectivity index (χ1) is 9.04. The number of hydrogen-bond acceptors (Lipinski definition) is 3. The Bertz CT molecular complexity index is 427. The molecule has 106 valence electrons. The maximum Gasteiger partial charge on any atom is 0.305 e. The Morgan fingerprint density at radius 3 is 2.37 bits per heavy atom. The summed E-state index contributed by atoms with van der Waals surface area (Å²) in [5.74, 6) is -0.256. The fourth-order valence-electron chi connectivity index (χ4n) is 1.57. The first kappa shape index (κ1) is 17.6. The minimum atomic E-state index is -0.286. The Kier molecular flexibility index (Phi) is 8.88. The van der Waals surface area contributed by atoms with Crippen molar-refractivity contribution >= 4 is 23.4 Å². The highest BCUT2D eigenvalue weighted by atomic mass is 35.5. The predicted molar refractivity (Wildman–Crippen MR) is 77.7 cm³/mol. The van der Waals surface area contributed by atoms with E-state index in [-0.39, 0.29) is 18.2 Å². The van der Waals surface area contributed by atoms with Gasteiger partial charge in [-0.1, -0.05) is 25.4 Å². The number of hydrogen-bond donors (Lipinski definition) is 0. The Labute approximate surface area is 119 Å². The van der Waals surface area contributed by atoms with Crippen LogP contribution in [0.3, 0.4) is 0 Å². The smallest absolute Gasteiger partial charge is 0.305 e. The minimum absolute atomic E-state index is 0.0306. The largest absolute Gasteiger partial charge is 0.469 e. The molecule has 0 fully saturated rings. The zero-order valence-electron chi connectivity index (χ0n) is 12.0. The van der Waals surface area contributed by atoms with Crippen molar-refractivity contribution in [1.29, 1.82) is 0 Å². The molecule has 0 aromatic heterocycles. The summed E-state index contributed by atoms with van der Waals surface area (Å²) < 4.78 is 4.51. The van der Waals surface area contributed by atoms with Gasteiger partial charge < -0.3 is 4.74 Å². The zero-order chi connectivity index (χ0) is 14.8. The summed E-state index contributed by atoms with van der Waals surface area (Å²) in [6.07, 6.45) is 1.13. The summed E-state index contributed by atoms with van der Waals surface area (Å²) >= 11 is 5.81. The molecule has 3 nitrogen and oxygen atoms in total. The van der Waals surface area contributed by atoms with Crippen molar-refractivity contribution < 1.29 is 14.3 Å². The van der Waals surface area contributed by atoms with E-state index in [9.17, 15) is 9.59 Å². The molecular formula is C15H21ClO3. The van der Waals surface area contributed by atoms with Gasteiger partial charge in [0.25, 0.3) is 0 Å². The van der Waals surface area contributed by atoms with Crippen molar-refractivity contribution in [2.45, 2.75) is 40.0 Å². The third-order valence-electron chi connectivity index (χ3n) is 2.50. The maximum absolute atomic E-state index is 11.9. The SMILES string of the molecule is CC.COC(=O)CCCC(=O)c1ccc(Cl)cc1C. The van der Waals surface area contributed by atoms with Crippen molar-refractivity contribution in [3.8, 4) is 0 Å². The highest BCUT2D eigenvalue weighted by molar-refractivity contribution is 6.30. The van der Waals surface area contributed by atoms with Crippen molar-refractivity contribution in [1.82, 2.24) is 0 Å². The van der Waals surface area contributed by atoms with Crippen LogP contribution in [0.5, 0.6) is 0 Å². The Balaban J connectivity index is 0.00000154. The average Bonchev–Trinajstić information content (AvgIpc) is 2.40. The van der Waals surface area contributed by atoms with Gasteiger partial charge >= 0.3 is 5.97 Å². The van der Waals surface area contributed by atoms with Gasteiger partial charge in [0.2, 0.25) is 0 Å². The summed E-state index contributed by atoms with van der Waals surface area (Å²) in [6.45, 7) is 5.85. The van der Waals surface area contributed by atoms with E-state index >= 15 is 0 Å². The van der Waals surface area contributed by atoms with Crippen LogP contribution in [0.2, 0.25) is 5.02 Å². The number of ketones is 1. The third-order valence-corrected chi connectivity index (χ3v) is 2.74. The summed E-state index contributed by atoms with van der Waals surface area (Å²) in [7, 11) is 1.34. The molecule has 0 amide bonds. The maximum atomic E-state index is 11.9. The number of esters is 1. The van der Waals surface area contributed by atoms with E-state index in [1.165, 1.54) is 7.11 Å². The molecule has 0 N–H and O–H groups in total. The van der Waals surface area contributed by atoms with Gasteiger partial charge in [-0.05, 0) is 37.1 Å². The van der Waals surface area contributed by atoms with Crippen LogP contribution in [0.4, 0.5) is 0 Å². The summed E-state index contributed by atoms with van der Waals surface area (Å²) in [5, 5.41) is 0.619. The number of rotatable bonds is 5. The van der Waals surface area contributed by atoms with E-state index < -0.39 is 0 Å². The number of halogens is 1. The molecule has 0 aliphatic rings. The molecule has 0 saturated heterocycles. The monoisotopic (exact) mass is 284 g/mol. The fraction of sp³-hybridized carbons (Fsp3) is 0.467. The highest BCUT2D eigenvalue weighted by Crippen LogP contribution is 2.17. The molecule has 0 radical (unpaired) electrons. The lowest BCUT2D eigenvalue weighted by Crippen LogP contribution is -2.05. The Morgan fingerprint density at radius 2 is 1.84 bits per heavy atom. The van der Waals surface area contributed by atoms with Crippen molar-refractivity contribution in [3.63, 3.8) is 0 Å². The Morgan fingerprint density at radius 1 is 1.21 bits per heavy atom. The van der Waals surface area contributed by atoms with E-state index in [2.05, 4.69) is 4.74 Å². The van der Waals surface area contributed by atoms with Crippen LogP contribution in [0.15, 0.2) is 18.2 Å². The number of carbonyl (C=O) groups excluding carboxylic acids is 2. The lowest BCUT2D eigenvalue weighted by Gasteiger charge is -2.05. The van der Waals surface area contributed by atoms with E-state index in [0.717, 1.165) is 5.56 Å². The Hall–Kier alpha value is -1.35. The number of benzene rings is 1. The van der Waals surface area contributed by atoms with E-state index in [1.807, 2.05) is 20.8 Å². The van der Waals surface area contributed by atoms with Gasteiger partial charge in [0, 0.05) is 23.4 Å². The second-order valence-electron chi connectivity index (χ2n) is 3.81. The van der Waals surface area contributed by atoms with Gasteiger partial charge in [-0.2, -0.15) is 0 Å².